The number of thioether (sulfide) groups is 1. The number of nitrogens with one attached hydrogen (secondary N) is 1. The number of fused-ring (bicyclic) bond motifs is 1. The molecule has 1 aromatic carbocycles. The Morgan fingerprint density at radius 3 is 2.64 bits per heavy atom. The average Bonchev–Trinajstić information content (AvgIpc) is 3.20. The van der Waals surface area contributed by atoms with Gasteiger partial charge in [0.05, 0.1) is 5.57 Å². The first-order valence-corrected chi connectivity index (χ1v) is 10.4. The zero-order valence-electron chi connectivity index (χ0n) is 15.7. The van der Waals surface area contributed by atoms with Crippen LogP contribution in [0.1, 0.15) is 30.3 Å². The summed E-state index contributed by atoms with van der Waals surface area (Å²) in [6.45, 7) is 6.02. The standard InChI is InChI=1S/C20H18BrN5OS/c1-4-17-24-26-18(22)16(19(27)23-20(26)28-17)10-13-9-11(2)25(12(13)3)15-7-5-14(21)6-8-15/h5-10,22H,4H2,1-3H3/b16-10+,22-18?. The molecule has 142 valence electrons. The highest BCUT2D eigenvalue weighted by Crippen LogP contribution is 2.30. The number of hydrazone groups is 1. The van der Waals surface area contributed by atoms with Crippen molar-refractivity contribution in [1.82, 2.24) is 9.58 Å². The van der Waals surface area contributed by atoms with Crippen LogP contribution in [-0.4, -0.2) is 31.5 Å². The molecular formula is C20H18BrN5OS. The molecule has 0 saturated carbocycles. The van der Waals surface area contributed by atoms with Gasteiger partial charge in [0, 0.05) is 21.5 Å². The molecule has 4 rings (SSSR count). The van der Waals surface area contributed by atoms with E-state index in [2.05, 4.69) is 30.6 Å². The van der Waals surface area contributed by atoms with Crippen molar-refractivity contribution in [3.63, 3.8) is 0 Å². The van der Waals surface area contributed by atoms with Crippen LogP contribution in [-0.2, 0) is 4.79 Å². The fourth-order valence-electron chi connectivity index (χ4n) is 3.25. The number of amides is 1. The van der Waals surface area contributed by atoms with Crippen molar-refractivity contribution in [3.8, 4) is 5.69 Å². The predicted molar refractivity (Wildman–Crippen MR) is 118 cm³/mol. The summed E-state index contributed by atoms with van der Waals surface area (Å²) in [5.41, 5.74) is 4.23. The van der Waals surface area contributed by atoms with Gasteiger partial charge in [-0.15, -0.1) is 0 Å². The third-order valence-corrected chi connectivity index (χ3v) is 6.24. The van der Waals surface area contributed by atoms with Gasteiger partial charge in [-0.05, 0) is 74.0 Å². The maximum absolute atomic E-state index is 12.6. The molecule has 0 bridgehead atoms. The zero-order chi connectivity index (χ0) is 20.0. The van der Waals surface area contributed by atoms with Crippen LogP contribution in [0.5, 0.6) is 0 Å². The van der Waals surface area contributed by atoms with Crippen molar-refractivity contribution < 1.29 is 4.79 Å². The molecule has 1 N–H and O–H groups in total. The van der Waals surface area contributed by atoms with Crippen molar-refractivity contribution in [3.05, 3.63) is 57.3 Å². The summed E-state index contributed by atoms with van der Waals surface area (Å²) in [5.74, 6) is -0.329. The van der Waals surface area contributed by atoms with Gasteiger partial charge in [-0.25, -0.2) is 0 Å². The number of benzene rings is 1. The Morgan fingerprint density at radius 2 is 1.96 bits per heavy atom. The van der Waals surface area contributed by atoms with E-state index in [1.165, 1.54) is 16.8 Å². The van der Waals surface area contributed by atoms with Crippen molar-refractivity contribution in [2.75, 3.05) is 0 Å². The lowest BCUT2D eigenvalue weighted by atomic mass is 10.1. The molecule has 0 unspecified atom stereocenters. The molecule has 6 nitrogen and oxygen atoms in total. The van der Waals surface area contributed by atoms with Crippen LogP contribution < -0.4 is 0 Å². The molecule has 2 aromatic rings. The largest absolute Gasteiger partial charge is 0.318 e. The summed E-state index contributed by atoms with van der Waals surface area (Å²) in [6.07, 6.45) is 2.49. The lowest BCUT2D eigenvalue weighted by Gasteiger charge is -2.20. The Morgan fingerprint density at radius 1 is 1.25 bits per heavy atom. The fourth-order valence-corrected chi connectivity index (χ4v) is 4.34. The van der Waals surface area contributed by atoms with Crippen molar-refractivity contribution in [1.29, 1.82) is 5.41 Å². The maximum Gasteiger partial charge on any atom is 0.283 e. The number of halogens is 1. The number of aliphatic imine (C=N–C) groups is 1. The van der Waals surface area contributed by atoms with Gasteiger partial charge in [0.15, 0.2) is 5.84 Å². The number of rotatable bonds is 3. The van der Waals surface area contributed by atoms with E-state index >= 15 is 0 Å². The SMILES string of the molecule is CCC1=NN2C(=N)/C(=C\c3cc(C)n(-c4ccc(Br)cc4)c3C)C(=O)N=C2S1. The number of carbonyl (C=O) groups excluding carboxylic acids is 1. The summed E-state index contributed by atoms with van der Waals surface area (Å²) >= 11 is 4.81. The molecule has 1 aromatic heterocycles. The number of carbonyl (C=O) groups is 1. The first-order chi connectivity index (χ1) is 13.4. The minimum absolute atomic E-state index is 0.0689. The van der Waals surface area contributed by atoms with Gasteiger partial charge < -0.3 is 4.57 Å². The molecule has 0 aliphatic carbocycles. The third kappa shape index (κ3) is 3.16. The predicted octanol–water partition coefficient (Wildman–Crippen LogP) is 4.89. The number of hydrogen-bond donors (Lipinski definition) is 1. The van der Waals surface area contributed by atoms with E-state index in [0.717, 1.165) is 38.6 Å². The van der Waals surface area contributed by atoms with Crippen molar-refractivity contribution >= 4 is 55.7 Å². The van der Waals surface area contributed by atoms with Gasteiger partial charge in [0.1, 0.15) is 5.04 Å². The van der Waals surface area contributed by atoms with E-state index in [1.54, 1.807) is 6.08 Å². The summed E-state index contributed by atoms with van der Waals surface area (Å²) < 4.78 is 3.15. The summed E-state index contributed by atoms with van der Waals surface area (Å²) in [7, 11) is 0. The zero-order valence-corrected chi connectivity index (χ0v) is 18.1. The molecule has 2 aliphatic rings. The number of hydrogen-bond acceptors (Lipinski definition) is 4. The van der Waals surface area contributed by atoms with Gasteiger partial charge in [-0.2, -0.15) is 15.1 Å². The highest BCUT2D eigenvalue weighted by molar-refractivity contribution is 9.10. The van der Waals surface area contributed by atoms with E-state index in [1.807, 2.05) is 51.1 Å². The number of aromatic nitrogens is 1. The second-order valence-corrected chi connectivity index (χ2v) is 8.46. The second-order valence-electron chi connectivity index (χ2n) is 6.51. The van der Waals surface area contributed by atoms with Gasteiger partial charge in [0.25, 0.3) is 5.91 Å². The molecule has 2 aliphatic heterocycles. The van der Waals surface area contributed by atoms with Crippen LogP contribution in [0.25, 0.3) is 11.8 Å². The average molecular weight is 456 g/mol. The van der Waals surface area contributed by atoms with E-state index in [9.17, 15) is 4.79 Å². The van der Waals surface area contributed by atoms with E-state index < -0.39 is 5.91 Å². The van der Waals surface area contributed by atoms with Gasteiger partial charge in [-0.3, -0.25) is 10.2 Å². The Kier molecular flexibility index (Phi) is 4.84. The van der Waals surface area contributed by atoms with Crippen LogP contribution in [0.3, 0.4) is 0 Å². The third-order valence-electron chi connectivity index (χ3n) is 4.65. The van der Waals surface area contributed by atoms with E-state index in [0.29, 0.717) is 5.17 Å². The van der Waals surface area contributed by atoms with Crippen LogP contribution in [0.4, 0.5) is 0 Å². The number of aryl methyl sites for hydroxylation is 1. The van der Waals surface area contributed by atoms with Crippen LogP contribution in [0.2, 0.25) is 0 Å². The molecule has 0 saturated heterocycles. The molecule has 0 spiro atoms. The highest BCUT2D eigenvalue weighted by atomic mass is 79.9. The molecule has 0 atom stereocenters. The second kappa shape index (κ2) is 7.18. The molecule has 0 radical (unpaired) electrons. The normalized spacial score (nSPS) is 17.9. The molecule has 3 heterocycles. The minimum atomic E-state index is -0.398. The van der Waals surface area contributed by atoms with Gasteiger partial charge in [0.2, 0.25) is 5.17 Å². The molecule has 0 fully saturated rings. The van der Waals surface area contributed by atoms with Crippen LogP contribution in [0.15, 0.2) is 50.5 Å². The Labute approximate surface area is 175 Å². The summed E-state index contributed by atoms with van der Waals surface area (Å²) in [6, 6.07) is 10.1. The summed E-state index contributed by atoms with van der Waals surface area (Å²) in [5, 5.41) is 15.6. The molecule has 28 heavy (non-hydrogen) atoms. The Hall–Kier alpha value is -2.45. The first kappa shape index (κ1) is 18.9. The topological polar surface area (TPSA) is 73.8 Å². The van der Waals surface area contributed by atoms with Crippen LogP contribution in [0, 0.1) is 19.3 Å². The van der Waals surface area contributed by atoms with E-state index in [-0.39, 0.29) is 11.4 Å². The molecular weight excluding hydrogens is 438 g/mol. The Bertz CT molecular complexity index is 1090. The lowest BCUT2D eigenvalue weighted by Crippen LogP contribution is -2.35. The lowest BCUT2D eigenvalue weighted by molar-refractivity contribution is -0.114. The van der Waals surface area contributed by atoms with Gasteiger partial charge >= 0.3 is 0 Å². The van der Waals surface area contributed by atoms with Gasteiger partial charge in [-0.1, -0.05) is 22.9 Å². The number of nitrogens with zero attached hydrogens (tertiary/aromatic N) is 4. The fraction of sp³-hybridized carbons (Fsp3) is 0.200. The smallest absolute Gasteiger partial charge is 0.283 e. The molecule has 8 heteroatoms. The summed E-state index contributed by atoms with van der Waals surface area (Å²) in [4.78, 5) is 16.7. The Balaban J connectivity index is 1.75. The van der Waals surface area contributed by atoms with Crippen LogP contribution >= 0.6 is 27.7 Å². The minimum Gasteiger partial charge on any atom is -0.318 e. The van der Waals surface area contributed by atoms with E-state index in [4.69, 9.17) is 5.41 Å². The molecule has 1 amide bonds. The van der Waals surface area contributed by atoms with Crippen molar-refractivity contribution in [2.45, 2.75) is 27.2 Å². The van der Waals surface area contributed by atoms with Crippen molar-refractivity contribution in [2.24, 2.45) is 10.1 Å². The first-order valence-electron chi connectivity index (χ1n) is 8.83. The highest BCUT2D eigenvalue weighted by Gasteiger charge is 2.35. The monoisotopic (exact) mass is 455 g/mol. The number of amidine groups is 2. The quantitative estimate of drug-likeness (QED) is 0.669. The maximum atomic E-state index is 12.6.